The van der Waals surface area contributed by atoms with E-state index in [9.17, 15) is 21.6 Å². The number of alkyl halides is 3. The van der Waals surface area contributed by atoms with Crippen LogP contribution in [0.5, 0.6) is 0 Å². The van der Waals surface area contributed by atoms with Crippen LogP contribution in [-0.2, 0) is 34.5 Å². The number of carbonyl (C=O) groups is 1. The van der Waals surface area contributed by atoms with Gasteiger partial charge in [-0.05, 0) is 38.0 Å². The molecule has 9 nitrogen and oxygen atoms in total. The molecule has 1 unspecified atom stereocenters. The average Bonchev–Trinajstić information content (AvgIpc) is 3.40. The lowest BCUT2D eigenvalue weighted by atomic mass is 10.1. The Bertz CT molecular complexity index is 1030. The largest absolute Gasteiger partial charge is 0.490 e. The molecule has 2 aromatic heterocycles. The summed E-state index contributed by atoms with van der Waals surface area (Å²) in [6, 6.07) is 6.00. The minimum absolute atomic E-state index is 0.172. The molecule has 2 N–H and O–H groups in total. The fraction of sp³-hybridized carbons (Fsp3) is 0.579. The Labute approximate surface area is 183 Å². The Kier molecular flexibility index (Phi) is 7.30. The number of carboxylic acid groups (broad SMARTS) is 1. The second-order valence-electron chi connectivity index (χ2n) is 7.95. The third-order valence-electron chi connectivity index (χ3n) is 5.09. The summed E-state index contributed by atoms with van der Waals surface area (Å²) < 4.78 is 66.5. The molecule has 1 fully saturated rings. The van der Waals surface area contributed by atoms with Crippen molar-refractivity contribution < 1.29 is 35.9 Å². The molecule has 0 radical (unpaired) electrons. The first-order chi connectivity index (χ1) is 14.9. The molecule has 4 rings (SSSR count). The summed E-state index contributed by atoms with van der Waals surface area (Å²) in [6.07, 6.45) is -1.71. The number of hydrogen-bond donors (Lipinski definition) is 2. The molecule has 13 heteroatoms. The van der Waals surface area contributed by atoms with Gasteiger partial charge < -0.3 is 9.52 Å². The monoisotopic (exact) mass is 478 g/mol. The van der Waals surface area contributed by atoms with E-state index in [2.05, 4.69) is 14.7 Å². The van der Waals surface area contributed by atoms with E-state index in [4.69, 9.17) is 14.3 Å². The summed E-state index contributed by atoms with van der Waals surface area (Å²) in [6.45, 7) is 5.41. The van der Waals surface area contributed by atoms with E-state index < -0.39 is 22.2 Å². The van der Waals surface area contributed by atoms with Gasteiger partial charge in [-0.2, -0.15) is 18.3 Å². The minimum atomic E-state index is -5.08. The highest BCUT2D eigenvalue weighted by Gasteiger charge is 2.38. The van der Waals surface area contributed by atoms with Crippen molar-refractivity contribution >= 4 is 16.0 Å². The van der Waals surface area contributed by atoms with E-state index in [-0.39, 0.29) is 11.2 Å². The molecule has 178 valence electrons. The molecule has 1 saturated carbocycles. The van der Waals surface area contributed by atoms with Crippen LogP contribution in [0.25, 0.3) is 0 Å². The maximum atomic E-state index is 12.1. The van der Waals surface area contributed by atoms with Gasteiger partial charge in [0.15, 0.2) is 0 Å². The standard InChI is InChI=1S/C17H24N4O3S.C2HF3O2/c1-13-2-3-16(24-13)12-20-9-14(8-19-25(22,23)17-4-5-17)10-21-15(11-20)6-7-18-21;3-2(4,5)1(6)7/h2-3,6-7,14,17,19H,4-5,8-12H2,1H3;(H,6,7). The number of aliphatic carboxylic acids is 1. The minimum Gasteiger partial charge on any atom is -0.475 e. The SMILES string of the molecule is Cc1ccc(CN2Cc3ccnn3CC(CNS(=O)(=O)C3CC3)C2)o1.O=C(O)C(F)(F)F. The molecule has 2 aliphatic rings. The van der Waals surface area contributed by atoms with Gasteiger partial charge in [-0.3, -0.25) is 9.58 Å². The summed E-state index contributed by atoms with van der Waals surface area (Å²) in [4.78, 5) is 11.2. The van der Waals surface area contributed by atoms with Crippen LogP contribution >= 0.6 is 0 Å². The van der Waals surface area contributed by atoms with E-state index in [1.165, 1.54) is 0 Å². The van der Waals surface area contributed by atoms with Crippen LogP contribution in [0.4, 0.5) is 13.2 Å². The lowest BCUT2D eigenvalue weighted by Crippen LogP contribution is -2.37. The summed E-state index contributed by atoms with van der Waals surface area (Å²) in [7, 11) is -3.15. The number of aryl methyl sites for hydroxylation is 1. The van der Waals surface area contributed by atoms with Gasteiger partial charge in [0, 0.05) is 38.3 Å². The third-order valence-corrected chi connectivity index (χ3v) is 7.01. The molecule has 0 aromatic carbocycles. The number of aromatic nitrogens is 2. The van der Waals surface area contributed by atoms with Gasteiger partial charge in [0.2, 0.25) is 10.0 Å². The maximum Gasteiger partial charge on any atom is 0.490 e. The highest BCUT2D eigenvalue weighted by Crippen LogP contribution is 2.27. The number of nitrogens with zero attached hydrogens (tertiary/aromatic N) is 3. The highest BCUT2D eigenvalue weighted by atomic mass is 32.2. The van der Waals surface area contributed by atoms with E-state index >= 15 is 0 Å². The second-order valence-corrected chi connectivity index (χ2v) is 9.99. The van der Waals surface area contributed by atoms with Crippen molar-refractivity contribution in [1.29, 1.82) is 0 Å². The molecule has 1 atom stereocenters. The van der Waals surface area contributed by atoms with Gasteiger partial charge in [0.05, 0.1) is 17.5 Å². The lowest BCUT2D eigenvalue weighted by molar-refractivity contribution is -0.192. The molecule has 32 heavy (non-hydrogen) atoms. The fourth-order valence-electron chi connectivity index (χ4n) is 3.39. The van der Waals surface area contributed by atoms with Crippen molar-refractivity contribution in [3.05, 3.63) is 41.6 Å². The van der Waals surface area contributed by atoms with Crippen LogP contribution in [0.2, 0.25) is 0 Å². The number of rotatable bonds is 6. The summed E-state index contributed by atoms with van der Waals surface area (Å²) in [5, 5.41) is 11.3. The highest BCUT2D eigenvalue weighted by molar-refractivity contribution is 7.90. The van der Waals surface area contributed by atoms with Crippen LogP contribution in [-0.4, -0.2) is 58.7 Å². The number of furan rings is 1. The number of halogens is 3. The average molecular weight is 478 g/mol. The molecule has 0 spiro atoms. The summed E-state index contributed by atoms with van der Waals surface area (Å²) in [5.41, 5.74) is 1.15. The van der Waals surface area contributed by atoms with E-state index in [1.807, 2.05) is 29.8 Å². The Morgan fingerprint density at radius 1 is 1.28 bits per heavy atom. The first-order valence-electron chi connectivity index (χ1n) is 10.0. The first kappa shape index (κ1) is 24.3. The van der Waals surface area contributed by atoms with Crippen LogP contribution in [0.3, 0.4) is 0 Å². The van der Waals surface area contributed by atoms with Crippen LogP contribution in [0, 0.1) is 12.8 Å². The van der Waals surface area contributed by atoms with Crippen LogP contribution in [0.1, 0.15) is 30.1 Å². The van der Waals surface area contributed by atoms with Crippen LogP contribution < -0.4 is 4.72 Å². The topological polar surface area (TPSA) is 118 Å². The Morgan fingerprint density at radius 3 is 2.53 bits per heavy atom. The zero-order valence-electron chi connectivity index (χ0n) is 17.4. The molecule has 0 bridgehead atoms. The van der Waals surface area contributed by atoms with E-state index in [0.29, 0.717) is 13.1 Å². The second kappa shape index (κ2) is 9.63. The molecule has 0 amide bonds. The summed E-state index contributed by atoms with van der Waals surface area (Å²) >= 11 is 0. The molecule has 0 saturated heterocycles. The molecule has 1 aliphatic carbocycles. The van der Waals surface area contributed by atoms with Crippen molar-refractivity contribution in [2.45, 2.75) is 50.8 Å². The predicted molar refractivity (Wildman–Crippen MR) is 107 cm³/mol. The fourth-order valence-corrected chi connectivity index (χ4v) is 4.85. The number of sulfonamides is 1. The molecular weight excluding hydrogens is 453 g/mol. The van der Waals surface area contributed by atoms with Crippen molar-refractivity contribution in [1.82, 2.24) is 19.4 Å². The van der Waals surface area contributed by atoms with E-state index in [0.717, 1.165) is 49.7 Å². The van der Waals surface area contributed by atoms with Crippen molar-refractivity contribution in [3.63, 3.8) is 0 Å². The zero-order chi connectivity index (χ0) is 23.5. The third kappa shape index (κ3) is 6.81. The number of nitrogens with one attached hydrogen (secondary N) is 1. The Hall–Kier alpha value is -2.38. The molecular formula is C19H25F3N4O5S. The van der Waals surface area contributed by atoms with Gasteiger partial charge in [-0.25, -0.2) is 17.9 Å². The number of hydrogen-bond acceptors (Lipinski definition) is 6. The Morgan fingerprint density at radius 2 is 1.97 bits per heavy atom. The Balaban J connectivity index is 0.000000360. The van der Waals surface area contributed by atoms with Gasteiger partial charge in [0.1, 0.15) is 11.5 Å². The quantitative estimate of drug-likeness (QED) is 0.653. The van der Waals surface area contributed by atoms with Crippen molar-refractivity contribution in [3.8, 4) is 0 Å². The maximum absolute atomic E-state index is 12.1. The molecule has 2 aromatic rings. The normalized spacial score (nSPS) is 19.6. The van der Waals surface area contributed by atoms with Gasteiger partial charge in [-0.15, -0.1) is 0 Å². The number of fused-ring (bicyclic) bond motifs is 1. The van der Waals surface area contributed by atoms with Crippen molar-refractivity contribution in [2.24, 2.45) is 5.92 Å². The number of carboxylic acids is 1. The van der Waals surface area contributed by atoms with E-state index in [1.54, 1.807) is 6.20 Å². The van der Waals surface area contributed by atoms with Gasteiger partial charge in [0.25, 0.3) is 0 Å². The van der Waals surface area contributed by atoms with Crippen molar-refractivity contribution in [2.75, 3.05) is 13.1 Å². The molecule has 3 heterocycles. The lowest BCUT2D eigenvalue weighted by Gasteiger charge is -2.23. The first-order valence-corrected chi connectivity index (χ1v) is 11.6. The van der Waals surface area contributed by atoms with Crippen LogP contribution in [0.15, 0.2) is 28.8 Å². The molecule has 1 aliphatic heterocycles. The van der Waals surface area contributed by atoms with Gasteiger partial charge >= 0.3 is 12.1 Å². The predicted octanol–water partition coefficient (Wildman–Crippen LogP) is 2.13. The van der Waals surface area contributed by atoms with Gasteiger partial charge in [-0.1, -0.05) is 0 Å². The summed E-state index contributed by atoms with van der Waals surface area (Å²) in [5.74, 6) is -0.746. The smallest absolute Gasteiger partial charge is 0.475 e. The zero-order valence-corrected chi connectivity index (χ0v) is 18.2.